The fourth-order valence-electron chi connectivity index (χ4n) is 5.12. The van der Waals surface area contributed by atoms with E-state index in [0.29, 0.717) is 18.5 Å². The van der Waals surface area contributed by atoms with Crippen molar-refractivity contribution in [2.45, 2.75) is 44.7 Å². The van der Waals surface area contributed by atoms with Gasteiger partial charge in [0, 0.05) is 49.4 Å². The molecule has 0 atom stereocenters. The van der Waals surface area contributed by atoms with Crippen molar-refractivity contribution in [1.82, 2.24) is 24.5 Å². The van der Waals surface area contributed by atoms with Crippen LogP contribution in [0.3, 0.4) is 0 Å². The van der Waals surface area contributed by atoms with Gasteiger partial charge in [-0.25, -0.2) is 4.98 Å². The highest BCUT2D eigenvalue weighted by atomic mass is 16.5. The molecule has 0 bridgehead atoms. The topological polar surface area (TPSA) is 93.0 Å². The van der Waals surface area contributed by atoms with Crippen LogP contribution in [0.1, 0.15) is 43.7 Å². The van der Waals surface area contributed by atoms with E-state index >= 15 is 0 Å². The van der Waals surface area contributed by atoms with Crippen molar-refractivity contribution in [3.8, 4) is 0 Å². The normalized spacial score (nSPS) is 16.8. The third-order valence-corrected chi connectivity index (χ3v) is 7.07. The van der Waals surface area contributed by atoms with Gasteiger partial charge >= 0.3 is 0 Å². The van der Waals surface area contributed by atoms with Crippen molar-refractivity contribution in [2.75, 3.05) is 41.8 Å². The summed E-state index contributed by atoms with van der Waals surface area (Å²) in [6.45, 7) is 4.01. The molecule has 6 rings (SSSR count). The Labute approximate surface area is 211 Å². The first-order valence-electron chi connectivity index (χ1n) is 12.9. The van der Waals surface area contributed by atoms with Crippen LogP contribution in [0.5, 0.6) is 0 Å². The molecule has 9 heteroatoms. The molecule has 0 amide bonds. The Bertz CT molecular complexity index is 1280. The minimum absolute atomic E-state index is 0.436. The van der Waals surface area contributed by atoms with Crippen LogP contribution in [0, 0.1) is 0 Å². The van der Waals surface area contributed by atoms with E-state index in [0.717, 1.165) is 54.5 Å². The molecule has 2 aliphatic rings. The molecule has 1 aliphatic carbocycles. The third-order valence-electron chi connectivity index (χ3n) is 7.07. The quantitative estimate of drug-likeness (QED) is 0.382. The molecule has 36 heavy (non-hydrogen) atoms. The van der Waals surface area contributed by atoms with Gasteiger partial charge in [0.25, 0.3) is 0 Å². The number of morpholine rings is 1. The van der Waals surface area contributed by atoms with Gasteiger partial charge in [-0.1, -0.05) is 25.3 Å². The zero-order valence-corrected chi connectivity index (χ0v) is 20.4. The number of imidazole rings is 1. The number of aromatic nitrogens is 5. The van der Waals surface area contributed by atoms with E-state index in [1.165, 1.54) is 37.8 Å². The van der Waals surface area contributed by atoms with Gasteiger partial charge in [0.05, 0.1) is 19.5 Å². The SMILES string of the molecule is c1cncc(CNc2nc(Nc3ccc(N4CCOCC4)cc3)nc3c2ncn3C2CCCCC2)c1. The van der Waals surface area contributed by atoms with Crippen molar-refractivity contribution < 1.29 is 4.74 Å². The summed E-state index contributed by atoms with van der Waals surface area (Å²) < 4.78 is 7.73. The second-order valence-electron chi connectivity index (χ2n) is 9.50. The Kier molecular flexibility index (Phi) is 6.62. The van der Waals surface area contributed by atoms with Crippen molar-refractivity contribution >= 4 is 34.3 Å². The number of hydrogen-bond acceptors (Lipinski definition) is 8. The van der Waals surface area contributed by atoms with Crippen molar-refractivity contribution in [1.29, 1.82) is 0 Å². The summed E-state index contributed by atoms with van der Waals surface area (Å²) in [6, 6.07) is 12.9. The fraction of sp³-hybridized carbons (Fsp3) is 0.407. The standard InChI is InChI=1S/C27H32N8O/c1-2-6-23(7-3-1)35-19-30-24-25(29-18-20-5-4-12-28-17-20)32-27(33-26(24)35)31-21-8-10-22(11-9-21)34-13-15-36-16-14-34/h4-5,8-12,17,19,23H,1-3,6-7,13-16,18H2,(H2,29,31,32,33). The molecule has 0 radical (unpaired) electrons. The van der Waals surface area contributed by atoms with Crippen LogP contribution in [0.15, 0.2) is 55.1 Å². The van der Waals surface area contributed by atoms with Crippen LogP contribution >= 0.6 is 0 Å². The Balaban J connectivity index is 1.29. The smallest absolute Gasteiger partial charge is 0.231 e. The number of benzene rings is 1. The van der Waals surface area contributed by atoms with Gasteiger partial charge < -0.3 is 24.8 Å². The number of ether oxygens (including phenoxy) is 1. The molecule has 1 aromatic carbocycles. The van der Waals surface area contributed by atoms with E-state index in [1.54, 1.807) is 6.20 Å². The van der Waals surface area contributed by atoms with Gasteiger partial charge in [-0.3, -0.25) is 4.98 Å². The van der Waals surface area contributed by atoms with E-state index in [1.807, 2.05) is 24.7 Å². The maximum atomic E-state index is 5.48. The monoisotopic (exact) mass is 484 g/mol. The Morgan fingerprint density at radius 3 is 2.58 bits per heavy atom. The summed E-state index contributed by atoms with van der Waals surface area (Å²) in [7, 11) is 0. The van der Waals surface area contributed by atoms with Crippen molar-refractivity contribution in [3.63, 3.8) is 0 Å². The lowest BCUT2D eigenvalue weighted by molar-refractivity contribution is 0.122. The fourth-order valence-corrected chi connectivity index (χ4v) is 5.12. The summed E-state index contributed by atoms with van der Waals surface area (Å²) in [5.41, 5.74) is 4.92. The Hall–Kier alpha value is -3.72. The zero-order valence-electron chi connectivity index (χ0n) is 20.4. The predicted octanol–water partition coefficient (Wildman–Crippen LogP) is 4.92. The molecule has 1 saturated heterocycles. The van der Waals surface area contributed by atoms with Gasteiger partial charge in [0.15, 0.2) is 17.0 Å². The van der Waals surface area contributed by atoms with Crippen LogP contribution in [0.4, 0.5) is 23.1 Å². The summed E-state index contributed by atoms with van der Waals surface area (Å²) in [4.78, 5) is 21.1. The molecule has 1 saturated carbocycles. The number of anilines is 4. The molecular weight excluding hydrogens is 452 g/mol. The van der Waals surface area contributed by atoms with Gasteiger partial charge in [0.2, 0.25) is 5.95 Å². The minimum Gasteiger partial charge on any atom is -0.378 e. The van der Waals surface area contributed by atoms with Crippen LogP contribution in [-0.2, 0) is 11.3 Å². The highest BCUT2D eigenvalue weighted by Gasteiger charge is 2.21. The predicted molar refractivity (Wildman–Crippen MR) is 142 cm³/mol. The summed E-state index contributed by atoms with van der Waals surface area (Å²) >= 11 is 0. The molecule has 3 aromatic heterocycles. The molecule has 0 spiro atoms. The van der Waals surface area contributed by atoms with E-state index in [4.69, 9.17) is 19.7 Å². The van der Waals surface area contributed by atoms with Crippen molar-refractivity contribution in [2.24, 2.45) is 0 Å². The summed E-state index contributed by atoms with van der Waals surface area (Å²) in [5, 5.41) is 6.90. The Morgan fingerprint density at radius 2 is 1.81 bits per heavy atom. The average Bonchev–Trinajstić information content (AvgIpc) is 3.38. The highest BCUT2D eigenvalue weighted by Crippen LogP contribution is 2.32. The van der Waals surface area contributed by atoms with Gasteiger partial charge in [0.1, 0.15) is 0 Å². The first kappa shape index (κ1) is 22.7. The molecule has 4 heterocycles. The van der Waals surface area contributed by atoms with E-state index in [-0.39, 0.29) is 0 Å². The minimum atomic E-state index is 0.436. The first-order valence-corrected chi connectivity index (χ1v) is 12.9. The number of rotatable bonds is 7. The molecule has 186 valence electrons. The lowest BCUT2D eigenvalue weighted by atomic mass is 9.95. The largest absolute Gasteiger partial charge is 0.378 e. The second-order valence-corrected chi connectivity index (χ2v) is 9.50. The maximum Gasteiger partial charge on any atom is 0.231 e. The van der Waals surface area contributed by atoms with E-state index in [9.17, 15) is 0 Å². The first-order chi connectivity index (χ1) is 17.8. The molecule has 1 aliphatic heterocycles. The molecule has 2 N–H and O–H groups in total. The molecule has 2 fully saturated rings. The zero-order chi connectivity index (χ0) is 24.2. The van der Waals surface area contributed by atoms with E-state index < -0.39 is 0 Å². The van der Waals surface area contributed by atoms with Crippen molar-refractivity contribution in [3.05, 3.63) is 60.7 Å². The second kappa shape index (κ2) is 10.5. The molecule has 9 nitrogen and oxygen atoms in total. The van der Waals surface area contributed by atoms with Crippen LogP contribution < -0.4 is 15.5 Å². The van der Waals surface area contributed by atoms with Crippen LogP contribution in [0.2, 0.25) is 0 Å². The van der Waals surface area contributed by atoms with Gasteiger partial charge in [-0.15, -0.1) is 0 Å². The lowest BCUT2D eigenvalue weighted by Crippen LogP contribution is -2.36. The number of fused-ring (bicyclic) bond motifs is 1. The van der Waals surface area contributed by atoms with Crippen LogP contribution in [-0.4, -0.2) is 50.8 Å². The summed E-state index contributed by atoms with van der Waals surface area (Å²) in [5.74, 6) is 1.29. The number of hydrogen-bond donors (Lipinski definition) is 2. The third kappa shape index (κ3) is 4.97. The average molecular weight is 485 g/mol. The van der Waals surface area contributed by atoms with Gasteiger partial charge in [-0.2, -0.15) is 9.97 Å². The highest BCUT2D eigenvalue weighted by molar-refractivity contribution is 5.85. The Morgan fingerprint density at radius 1 is 0.972 bits per heavy atom. The maximum absolute atomic E-state index is 5.48. The molecule has 0 unspecified atom stereocenters. The summed E-state index contributed by atoms with van der Waals surface area (Å²) in [6.07, 6.45) is 11.7. The van der Waals surface area contributed by atoms with E-state index in [2.05, 4.69) is 49.4 Å². The molecular formula is C27H32N8O. The number of pyridine rings is 1. The van der Waals surface area contributed by atoms with Crippen LogP contribution in [0.25, 0.3) is 11.2 Å². The van der Waals surface area contributed by atoms with Gasteiger partial charge in [-0.05, 0) is 48.7 Å². The number of nitrogens with zero attached hydrogens (tertiary/aromatic N) is 6. The number of nitrogens with one attached hydrogen (secondary N) is 2. The molecule has 4 aromatic rings. The lowest BCUT2D eigenvalue weighted by Gasteiger charge is -2.28.